The van der Waals surface area contributed by atoms with Crippen molar-refractivity contribution in [3.05, 3.63) is 53.0 Å². The highest BCUT2D eigenvalue weighted by molar-refractivity contribution is 5.79. The number of halogens is 1. The van der Waals surface area contributed by atoms with Crippen LogP contribution in [0.1, 0.15) is 36.6 Å². The number of carbonyl (C=O) groups excluding carboxylic acids is 1. The van der Waals surface area contributed by atoms with E-state index in [1.54, 1.807) is 29.2 Å². The molecule has 1 aromatic carbocycles. The van der Waals surface area contributed by atoms with Gasteiger partial charge in [0.05, 0.1) is 18.6 Å². The maximum atomic E-state index is 14.1. The second-order valence-electron chi connectivity index (χ2n) is 7.22. The number of nitriles is 1. The average molecular weight is 383 g/mol. The molecule has 1 amide bonds. The van der Waals surface area contributed by atoms with Gasteiger partial charge in [-0.2, -0.15) is 5.26 Å². The number of nitrogens with one attached hydrogen (secondary N) is 1. The van der Waals surface area contributed by atoms with E-state index in [4.69, 9.17) is 5.26 Å². The first-order valence-electron chi connectivity index (χ1n) is 9.12. The van der Waals surface area contributed by atoms with Crippen molar-refractivity contribution in [2.24, 2.45) is 0 Å². The quantitative estimate of drug-likeness (QED) is 0.812. The Morgan fingerprint density at radius 1 is 1.36 bits per heavy atom. The van der Waals surface area contributed by atoms with Crippen LogP contribution in [0.2, 0.25) is 0 Å². The van der Waals surface area contributed by atoms with Gasteiger partial charge in [-0.25, -0.2) is 4.39 Å². The number of benzene rings is 1. The van der Waals surface area contributed by atoms with Crippen LogP contribution in [0.15, 0.2) is 30.3 Å². The van der Waals surface area contributed by atoms with Crippen LogP contribution < -0.4 is 10.2 Å². The molecule has 2 heterocycles. The molecule has 0 spiro atoms. The molecule has 2 atom stereocenters. The van der Waals surface area contributed by atoms with Gasteiger partial charge in [-0.05, 0) is 35.2 Å². The van der Waals surface area contributed by atoms with Crippen LogP contribution in [0.5, 0.6) is 0 Å². The predicted molar refractivity (Wildman–Crippen MR) is 101 cm³/mol. The van der Waals surface area contributed by atoms with Crippen molar-refractivity contribution in [2.75, 3.05) is 18.0 Å². The van der Waals surface area contributed by atoms with Crippen molar-refractivity contribution in [1.82, 2.24) is 15.5 Å². The molecule has 0 bridgehead atoms. The molecule has 0 saturated carbocycles. The Kier molecular flexibility index (Phi) is 5.85. The van der Waals surface area contributed by atoms with Gasteiger partial charge >= 0.3 is 0 Å². The second kappa shape index (κ2) is 8.31. The summed E-state index contributed by atoms with van der Waals surface area (Å²) in [6.45, 7) is 4.49. The number of aromatic nitrogens is 2. The van der Waals surface area contributed by atoms with Crippen LogP contribution in [0.4, 0.5) is 10.2 Å². The number of rotatable bonds is 5. The third kappa shape index (κ3) is 4.43. The zero-order valence-electron chi connectivity index (χ0n) is 15.8. The van der Waals surface area contributed by atoms with E-state index in [1.807, 2.05) is 19.9 Å². The third-order valence-electron chi connectivity index (χ3n) is 4.78. The van der Waals surface area contributed by atoms with Crippen LogP contribution >= 0.6 is 0 Å². The highest BCUT2D eigenvalue weighted by Gasteiger charge is 2.33. The van der Waals surface area contributed by atoms with E-state index in [9.17, 15) is 14.3 Å². The molecular formula is C20H22FN5O2. The van der Waals surface area contributed by atoms with E-state index in [0.717, 1.165) is 0 Å². The van der Waals surface area contributed by atoms with Crippen LogP contribution in [0, 0.1) is 17.1 Å². The third-order valence-corrected chi connectivity index (χ3v) is 4.78. The van der Waals surface area contributed by atoms with Crippen molar-refractivity contribution in [3.63, 3.8) is 0 Å². The van der Waals surface area contributed by atoms with Crippen molar-refractivity contribution in [3.8, 4) is 6.07 Å². The molecular weight excluding hydrogens is 361 g/mol. The van der Waals surface area contributed by atoms with E-state index in [2.05, 4.69) is 15.5 Å². The summed E-state index contributed by atoms with van der Waals surface area (Å²) in [4.78, 5) is 14.1. The fourth-order valence-electron chi connectivity index (χ4n) is 3.26. The number of anilines is 1. The van der Waals surface area contributed by atoms with Crippen molar-refractivity contribution in [2.45, 2.75) is 38.3 Å². The number of β-amino-alcohol motifs (C(OH)–C–C–N with tert-alkyl or cyclic N) is 1. The molecule has 0 aliphatic carbocycles. The molecule has 1 aliphatic heterocycles. The van der Waals surface area contributed by atoms with Gasteiger partial charge in [0.1, 0.15) is 11.9 Å². The standard InChI is InChI=1S/C20H22FN5O2/c1-12(2)15-5-3-13(7-16(15)21)8-20(28)23-17-10-26(11-18(17)27)19-6-4-14(9-22)24-25-19/h3-7,12,17-18,27H,8,10-11H2,1-2H3,(H,23,28)/t17-,18-/m0/s1. The monoisotopic (exact) mass is 383 g/mol. The lowest BCUT2D eigenvalue weighted by molar-refractivity contribution is -0.121. The zero-order valence-corrected chi connectivity index (χ0v) is 15.8. The van der Waals surface area contributed by atoms with E-state index >= 15 is 0 Å². The zero-order chi connectivity index (χ0) is 20.3. The smallest absolute Gasteiger partial charge is 0.224 e. The Labute approximate surface area is 162 Å². The van der Waals surface area contributed by atoms with E-state index in [0.29, 0.717) is 30.0 Å². The number of aliphatic hydroxyl groups excluding tert-OH is 1. The Morgan fingerprint density at radius 2 is 2.14 bits per heavy atom. The highest BCUT2D eigenvalue weighted by Crippen LogP contribution is 2.20. The molecule has 28 heavy (non-hydrogen) atoms. The first-order chi connectivity index (χ1) is 13.4. The van der Waals surface area contributed by atoms with Gasteiger partial charge in [0.2, 0.25) is 5.91 Å². The summed E-state index contributed by atoms with van der Waals surface area (Å²) in [6, 6.07) is 9.48. The van der Waals surface area contributed by atoms with Gasteiger partial charge in [-0.3, -0.25) is 4.79 Å². The Morgan fingerprint density at radius 3 is 2.75 bits per heavy atom. The molecule has 0 radical (unpaired) electrons. The summed E-state index contributed by atoms with van der Waals surface area (Å²) < 4.78 is 14.1. The summed E-state index contributed by atoms with van der Waals surface area (Å²) in [7, 11) is 0. The number of carbonyl (C=O) groups is 1. The molecule has 3 rings (SSSR count). The predicted octanol–water partition coefficient (Wildman–Crippen LogP) is 1.52. The summed E-state index contributed by atoms with van der Waals surface area (Å²) in [5.74, 6) is 0.00856. The fraction of sp³-hybridized carbons (Fsp3) is 0.400. The number of aliphatic hydroxyl groups is 1. The number of hydrogen-bond acceptors (Lipinski definition) is 6. The lowest BCUT2D eigenvalue weighted by atomic mass is 10.00. The maximum Gasteiger partial charge on any atom is 0.224 e. The molecule has 146 valence electrons. The normalized spacial score (nSPS) is 18.9. The Hall–Kier alpha value is -3.05. The van der Waals surface area contributed by atoms with Crippen LogP contribution in [-0.2, 0) is 11.2 Å². The van der Waals surface area contributed by atoms with E-state index in [1.165, 1.54) is 6.07 Å². The molecule has 1 aliphatic rings. The molecule has 8 heteroatoms. The summed E-state index contributed by atoms with van der Waals surface area (Å²) in [5, 5.41) is 29.6. The van der Waals surface area contributed by atoms with Gasteiger partial charge in [0.25, 0.3) is 0 Å². The molecule has 1 fully saturated rings. The van der Waals surface area contributed by atoms with Crippen LogP contribution in [-0.4, -0.2) is 46.4 Å². The minimum atomic E-state index is -0.763. The van der Waals surface area contributed by atoms with Crippen LogP contribution in [0.25, 0.3) is 0 Å². The number of nitrogens with zero attached hydrogens (tertiary/aromatic N) is 4. The topological polar surface area (TPSA) is 102 Å². The molecule has 2 N–H and O–H groups in total. The molecule has 0 unspecified atom stereocenters. The first-order valence-corrected chi connectivity index (χ1v) is 9.12. The van der Waals surface area contributed by atoms with Crippen molar-refractivity contribution >= 4 is 11.7 Å². The maximum absolute atomic E-state index is 14.1. The molecule has 2 aromatic rings. The van der Waals surface area contributed by atoms with Gasteiger partial charge in [-0.1, -0.05) is 26.0 Å². The van der Waals surface area contributed by atoms with Gasteiger partial charge < -0.3 is 15.3 Å². The fourth-order valence-corrected chi connectivity index (χ4v) is 3.26. The van der Waals surface area contributed by atoms with Gasteiger partial charge in [0.15, 0.2) is 11.5 Å². The minimum absolute atomic E-state index is 0.0369. The molecule has 7 nitrogen and oxygen atoms in total. The summed E-state index contributed by atoms with van der Waals surface area (Å²) in [6.07, 6.45) is -0.726. The Bertz CT molecular complexity index is 894. The van der Waals surface area contributed by atoms with Crippen molar-refractivity contribution in [1.29, 1.82) is 5.26 Å². The minimum Gasteiger partial charge on any atom is -0.389 e. The summed E-state index contributed by atoms with van der Waals surface area (Å²) >= 11 is 0. The van der Waals surface area contributed by atoms with Crippen molar-refractivity contribution < 1.29 is 14.3 Å². The average Bonchev–Trinajstić information content (AvgIpc) is 3.02. The van der Waals surface area contributed by atoms with Gasteiger partial charge in [-0.15, -0.1) is 10.2 Å². The van der Waals surface area contributed by atoms with E-state index < -0.39 is 12.1 Å². The lowest BCUT2D eigenvalue weighted by Gasteiger charge is -2.17. The first kappa shape index (κ1) is 19.7. The second-order valence-corrected chi connectivity index (χ2v) is 7.22. The largest absolute Gasteiger partial charge is 0.389 e. The SMILES string of the molecule is CC(C)c1ccc(CC(=O)N[C@H]2CN(c3ccc(C#N)nn3)C[C@@H]2O)cc1F. The Balaban J connectivity index is 1.59. The lowest BCUT2D eigenvalue weighted by Crippen LogP contribution is -2.43. The number of amides is 1. The molecule has 1 aromatic heterocycles. The van der Waals surface area contributed by atoms with Crippen LogP contribution in [0.3, 0.4) is 0 Å². The van der Waals surface area contributed by atoms with E-state index in [-0.39, 0.29) is 29.8 Å². The highest BCUT2D eigenvalue weighted by atomic mass is 19.1. The summed E-state index contributed by atoms with van der Waals surface area (Å²) in [5.41, 5.74) is 1.42. The van der Waals surface area contributed by atoms with Gasteiger partial charge in [0, 0.05) is 13.1 Å². The molecule has 1 saturated heterocycles. The number of hydrogen-bond donors (Lipinski definition) is 2.